The summed E-state index contributed by atoms with van der Waals surface area (Å²) >= 11 is 0. The molecule has 0 aromatic carbocycles. The van der Waals surface area contributed by atoms with Gasteiger partial charge in [0.25, 0.3) is 0 Å². The van der Waals surface area contributed by atoms with Crippen molar-refractivity contribution in [3.05, 3.63) is 35.9 Å². The molecule has 0 atom stereocenters. The van der Waals surface area contributed by atoms with Gasteiger partial charge in [-0.3, -0.25) is 4.98 Å². The van der Waals surface area contributed by atoms with Crippen molar-refractivity contribution in [1.29, 1.82) is 0 Å². The number of nitrogens with zero attached hydrogens (tertiary/aromatic N) is 3. The van der Waals surface area contributed by atoms with E-state index in [2.05, 4.69) is 20.3 Å². The van der Waals surface area contributed by atoms with E-state index in [0.29, 0.717) is 12.4 Å². The van der Waals surface area contributed by atoms with Gasteiger partial charge in [0.15, 0.2) is 5.82 Å². The fourth-order valence-electron chi connectivity index (χ4n) is 1.66. The van der Waals surface area contributed by atoms with Crippen molar-refractivity contribution >= 4 is 5.82 Å². The van der Waals surface area contributed by atoms with Crippen LogP contribution in [-0.4, -0.2) is 29.1 Å². The van der Waals surface area contributed by atoms with E-state index >= 15 is 0 Å². The zero-order valence-corrected chi connectivity index (χ0v) is 10.8. The predicted octanol–water partition coefficient (Wildman–Crippen LogP) is 2.04. The Morgan fingerprint density at radius 2 is 2.06 bits per heavy atom. The van der Waals surface area contributed by atoms with Crippen molar-refractivity contribution in [3.8, 4) is 11.3 Å². The minimum absolute atomic E-state index is 0.391. The Balaban J connectivity index is 2.46. The van der Waals surface area contributed by atoms with E-state index in [1.54, 1.807) is 13.3 Å². The molecule has 2 aromatic rings. The van der Waals surface area contributed by atoms with Crippen LogP contribution >= 0.6 is 0 Å². The molecule has 0 amide bonds. The van der Waals surface area contributed by atoms with E-state index in [0.717, 1.165) is 22.6 Å². The van der Waals surface area contributed by atoms with Gasteiger partial charge in [-0.25, -0.2) is 9.97 Å². The Hall–Kier alpha value is -2.01. The molecule has 0 saturated heterocycles. The quantitative estimate of drug-likeness (QED) is 0.891. The minimum Gasteiger partial charge on any atom is -0.377 e. The Morgan fingerprint density at radius 3 is 2.72 bits per heavy atom. The van der Waals surface area contributed by atoms with E-state index in [9.17, 15) is 0 Å². The molecule has 0 bridgehead atoms. The highest BCUT2D eigenvalue weighted by Gasteiger charge is 2.06. The summed E-state index contributed by atoms with van der Waals surface area (Å²) in [5.74, 6) is 1.43. The van der Waals surface area contributed by atoms with Crippen molar-refractivity contribution < 1.29 is 4.74 Å². The molecule has 2 heterocycles. The third-order valence-corrected chi connectivity index (χ3v) is 2.47. The zero-order chi connectivity index (χ0) is 13.0. The Bertz CT molecular complexity index is 542. The van der Waals surface area contributed by atoms with Gasteiger partial charge in [0.05, 0.1) is 5.69 Å². The van der Waals surface area contributed by atoms with Gasteiger partial charge in [-0.2, -0.15) is 0 Å². The molecular formula is C13H16N4O. The number of hydrogen-bond donors (Lipinski definition) is 1. The lowest BCUT2D eigenvalue weighted by Crippen LogP contribution is -2.03. The van der Waals surface area contributed by atoms with Crippen LogP contribution in [0.2, 0.25) is 0 Å². The summed E-state index contributed by atoms with van der Waals surface area (Å²) in [4.78, 5) is 13.0. The molecule has 0 saturated carbocycles. The van der Waals surface area contributed by atoms with Gasteiger partial charge in [0, 0.05) is 38.2 Å². The molecular weight excluding hydrogens is 228 g/mol. The first-order valence-electron chi connectivity index (χ1n) is 5.69. The highest BCUT2D eigenvalue weighted by Crippen LogP contribution is 2.20. The molecule has 0 aliphatic heterocycles. The third-order valence-electron chi connectivity index (χ3n) is 2.47. The molecule has 18 heavy (non-hydrogen) atoms. The summed E-state index contributed by atoms with van der Waals surface area (Å²) in [7, 11) is 3.46. The molecule has 0 fully saturated rings. The average molecular weight is 244 g/mol. The number of aryl methyl sites for hydroxylation is 1. The monoisotopic (exact) mass is 244 g/mol. The SMILES string of the molecule is CNc1cc(-c2cncc(C)c2)nc(COC)n1. The lowest BCUT2D eigenvalue weighted by molar-refractivity contribution is 0.178. The summed E-state index contributed by atoms with van der Waals surface area (Å²) in [6, 6.07) is 3.95. The molecule has 5 heteroatoms. The van der Waals surface area contributed by atoms with Gasteiger partial charge in [-0.05, 0) is 18.6 Å². The lowest BCUT2D eigenvalue weighted by atomic mass is 10.1. The number of methoxy groups -OCH3 is 1. The van der Waals surface area contributed by atoms with Crippen LogP contribution in [0.15, 0.2) is 24.5 Å². The van der Waals surface area contributed by atoms with E-state index in [1.807, 2.05) is 32.3 Å². The molecule has 0 radical (unpaired) electrons. The second kappa shape index (κ2) is 5.55. The third kappa shape index (κ3) is 2.81. The van der Waals surface area contributed by atoms with Crippen LogP contribution in [0, 0.1) is 6.92 Å². The van der Waals surface area contributed by atoms with Gasteiger partial charge in [-0.15, -0.1) is 0 Å². The van der Waals surface area contributed by atoms with Gasteiger partial charge >= 0.3 is 0 Å². The number of hydrogen-bond acceptors (Lipinski definition) is 5. The van der Waals surface area contributed by atoms with E-state index in [1.165, 1.54) is 0 Å². The fraction of sp³-hybridized carbons (Fsp3) is 0.308. The molecule has 94 valence electrons. The number of aromatic nitrogens is 3. The summed E-state index contributed by atoms with van der Waals surface area (Å²) in [5.41, 5.74) is 2.93. The minimum atomic E-state index is 0.391. The zero-order valence-electron chi connectivity index (χ0n) is 10.8. The standard InChI is InChI=1S/C13H16N4O/c1-9-4-10(7-15-6-9)11-5-12(14-2)17-13(16-11)8-18-3/h4-7H,8H2,1-3H3,(H,14,16,17). The largest absolute Gasteiger partial charge is 0.377 e. The van der Waals surface area contributed by atoms with Gasteiger partial charge in [0.2, 0.25) is 0 Å². The average Bonchev–Trinajstić information content (AvgIpc) is 2.39. The van der Waals surface area contributed by atoms with Crippen molar-refractivity contribution in [3.63, 3.8) is 0 Å². The van der Waals surface area contributed by atoms with Crippen molar-refractivity contribution in [2.45, 2.75) is 13.5 Å². The summed E-state index contributed by atoms with van der Waals surface area (Å²) in [5, 5.41) is 3.02. The fourth-order valence-corrected chi connectivity index (χ4v) is 1.66. The van der Waals surface area contributed by atoms with Gasteiger partial charge in [0.1, 0.15) is 12.4 Å². The number of pyridine rings is 1. The molecule has 2 rings (SSSR count). The molecule has 0 unspecified atom stereocenters. The molecule has 1 N–H and O–H groups in total. The van der Waals surface area contributed by atoms with Crippen molar-refractivity contribution in [1.82, 2.24) is 15.0 Å². The Morgan fingerprint density at radius 1 is 1.22 bits per heavy atom. The van der Waals surface area contributed by atoms with Crippen LogP contribution in [0.5, 0.6) is 0 Å². The summed E-state index contributed by atoms with van der Waals surface area (Å²) in [6.45, 7) is 2.40. The normalized spacial score (nSPS) is 10.4. The maximum Gasteiger partial charge on any atom is 0.157 e. The predicted molar refractivity (Wildman–Crippen MR) is 70.3 cm³/mol. The van der Waals surface area contributed by atoms with Gasteiger partial charge < -0.3 is 10.1 Å². The maximum atomic E-state index is 5.07. The molecule has 0 spiro atoms. The maximum absolute atomic E-state index is 5.07. The van der Waals surface area contributed by atoms with Crippen molar-refractivity contribution in [2.24, 2.45) is 0 Å². The number of ether oxygens (including phenoxy) is 1. The first-order valence-corrected chi connectivity index (χ1v) is 5.69. The molecule has 0 aliphatic carbocycles. The van der Waals surface area contributed by atoms with Crippen LogP contribution in [0.3, 0.4) is 0 Å². The molecule has 5 nitrogen and oxygen atoms in total. The van der Waals surface area contributed by atoms with Gasteiger partial charge in [-0.1, -0.05) is 0 Å². The Labute approximate surface area is 106 Å². The topological polar surface area (TPSA) is 59.9 Å². The van der Waals surface area contributed by atoms with Crippen LogP contribution in [0.1, 0.15) is 11.4 Å². The first kappa shape index (κ1) is 12.4. The van der Waals surface area contributed by atoms with Crippen LogP contribution in [0.25, 0.3) is 11.3 Å². The number of nitrogens with one attached hydrogen (secondary N) is 1. The van der Waals surface area contributed by atoms with Crippen LogP contribution < -0.4 is 5.32 Å². The highest BCUT2D eigenvalue weighted by atomic mass is 16.5. The van der Waals surface area contributed by atoms with Crippen molar-refractivity contribution in [2.75, 3.05) is 19.5 Å². The van der Waals surface area contributed by atoms with E-state index in [-0.39, 0.29) is 0 Å². The van der Waals surface area contributed by atoms with E-state index < -0.39 is 0 Å². The lowest BCUT2D eigenvalue weighted by Gasteiger charge is -2.07. The summed E-state index contributed by atoms with van der Waals surface area (Å²) < 4.78 is 5.07. The Kier molecular flexibility index (Phi) is 3.84. The number of anilines is 1. The van der Waals surface area contributed by atoms with Crippen LogP contribution in [0.4, 0.5) is 5.82 Å². The second-order valence-electron chi connectivity index (χ2n) is 3.99. The summed E-state index contributed by atoms with van der Waals surface area (Å²) in [6.07, 6.45) is 3.62. The highest BCUT2D eigenvalue weighted by molar-refractivity contribution is 5.62. The van der Waals surface area contributed by atoms with E-state index in [4.69, 9.17) is 4.74 Å². The number of rotatable bonds is 4. The first-order chi connectivity index (χ1) is 8.72. The molecule has 0 aliphatic rings. The molecule has 2 aromatic heterocycles. The second-order valence-corrected chi connectivity index (χ2v) is 3.99. The van der Waals surface area contributed by atoms with Crippen LogP contribution in [-0.2, 0) is 11.3 Å². The smallest absolute Gasteiger partial charge is 0.157 e.